The summed E-state index contributed by atoms with van der Waals surface area (Å²) in [6.45, 7) is 1.98. The Labute approximate surface area is 192 Å². The van der Waals surface area contributed by atoms with E-state index in [1.54, 1.807) is 0 Å². The van der Waals surface area contributed by atoms with Crippen LogP contribution in [0.15, 0.2) is 72.8 Å². The molecule has 1 nitrogen and oxygen atoms in total. The lowest BCUT2D eigenvalue weighted by Crippen LogP contribution is -2.21. The van der Waals surface area contributed by atoms with Crippen molar-refractivity contribution < 1.29 is 5.11 Å². The predicted molar refractivity (Wildman–Crippen MR) is 138 cm³/mol. The lowest BCUT2D eigenvalue weighted by Gasteiger charge is -2.25. The summed E-state index contributed by atoms with van der Waals surface area (Å²) in [5.74, 6) is 1.93. The number of rotatable bonds is 0. The third kappa shape index (κ3) is 4.50. The second kappa shape index (κ2) is 8.90. The number of hydrogen-bond donors (Lipinski definition) is 1. The van der Waals surface area contributed by atoms with Crippen LogP contribution in [0.5, 0.6) is 0 Å². The summed E-state index contributed by atoms with van der Waals surface area (Å²) in [5, 5.41) is 16.6. The lowest BCUT2D eigenvalue weighted by atomic mass is 9.87. The summed E-state index contributed by atoms with van der Waals surface area (Å²) in [7, 11) is 3.83. The summed E-state index contributed by atoms with van der Waals surface area (Å²) >= 11 is 0. The van der Waals surface area contributed by atoms with Crippen LogP contribution in [0.4, 0.5) is 0 Å². The van der Waals surface area contributed by atoms with Crippen molar-refractivity contribution in [1.82, 2.24) is 0 Å². The molecule has 0 saturated carbocycles. The van der Waals surface area contributed by atoms with Crippen molar-refractivity contribution in [2.24, 2.45) is 0 Å². The average Bonchev–Trinajstić information content (AvgIpc) is 2.78. The van der Waals surface area contributed by atoms with Gasteiger partial charge in [0, 0.05) is 11.5 Å². The van der Waals surface area contributed by atoms with Gasteiger partial charge in [0.25, 0.3) is 0 Å². The zero-order chi connectivity index (χ0) is 21.3. The molecular weight excluding hydrogens is 416 g/mol. The van der Waals surface area contributed by atoms with Crippen LogP contribution in [-0.4, -0.2) is 5.11 Å². The number of aliphatic hydroxyl groups is 1. The first-order valence-corrected chi connectivity index (χ1v) is 13.6. The van der Waals surface area contributed by atoms with Crippen molar-refractivity contribution in [3.8, 4) is 0 Å². The van der Waals surface area contributed by atoms with Crippen molar-refractivity contribution in [2.75, 3.05) is 0 Å². The van der Waals surface area contributed by atoms with Gasteiger partial charge in [0.2, 0.25) is 0 Å². The molecule has 0 aliphatic carbocycles. The largest absolute Gasteiger partial charge is 0.385 e. The zero-order valence-electron chi connectivity index (χ0n) is 17.9. The molecule has 6 bridgehead atoms. The molecule has 2 aliphatic rings. The summed E-state index contributed by atoms with van der Waals surface area (Å²) in [6, 6.07) is 26.6. The second-order valence-corrected chi connectivity index (χ2v) is 11.3. The molecular formula is C28H28OS2. The van der Waals surface area contributed by atoms with Crippen LogP contribution in [0.1, 0.15) is 48.4 Å². The van der Waals surface area contributed by atoms with Crippen molar-refractivity contribution in [3.63, 3.8) is 0 Å². The molecule has 0 radical (unpaired) electrons. The van der Waals surface area contributed by atoms with E-state index in [9.17, 15) is 5.11 Å². The maximum absolute atomic E-state index is 11.3. The van der Waals surface area contributed by atoms with Gasteiger partial charge in [-0.15, -0.1) is 0 Å². The highest BCUT2D eigenvalue weighted by Gasteiger charge is 2.24. The first kappa shape index (κ1) is 20.9. The third-order valence-electron chi connectivity index (χ3n) is 6.50. The van der Waals surface area contributed by atoms with E-state index in [1.807, 2.05) is 28.5 Å². The molecule has 2 aliphatic heterocycles. The van der Waals surface area contributed by atoms with Gasteiger partial charge in [-0.1, -0.05) is 88.3 Å². The standard InChI is InChI=1S/C28H28OS2/c1-28(29)14-5-4-7-20-12-13-27-21(15-20)9-6-10-23(27)18-30-31-19-24-17-25(28)16-22-8-2-3-11-26(22)24/h2-3,6,8-13,15-17,29H,4-5,7,14,18-19H2,1H3. The Balaban J connectivity index is 1.51. The Morgan fingerprint density at radius 3 is 2.39 bits per heavy atom. The summed E-state index contributed by atoms with van der Waals surface area (Å²) in [4.78, 5) is 0. The Hall–Kier alpha value is -1.94. The highest BCUT2D eigenvalue weighted by molar-refractivity contribution is 8.76. The van der Waals surface area contributed by atoms with Crippen LogP contribution in [0.3, 0.4) is 0 Å². The summed E-state index contributed by atoms with van der Waals surface area (Å²) in [6.07, 6.45) is 3.94. The van der Waals surface area contributed by atoms with E-state index in [1.165, 1.54) is 38.2 Å². The molecule has 4 aromatic rings. The van der Waals surface area contributed by atoms with Crippen LogP contribution in [0, 0.1) is 0 Å². The fourth-order valence-corrected chi connectivity index (χ4v) is 6.83. The van der Waals surface area contributed by atoms with Crippen LogP contribution in [0.25, 0.3) is 21.5 Å². The van der Waals surface area contributed by atoms with E-state index in [2.05, 4.69) is 72.8 Å². The molecule has 0 spiro atoms. The van der Waals surface area contributed by atoms with Crippen LogP contribution in [-0.2, 0) is 23.5 Å². The van der Waals surface area contributed by atoms with Gasteiger partial charge in [0.15, 0.2) is 0 Å². The molecule has 1 atom stereocenters. The highest BCUT2D eigenvalue weighted by atomic mass is 33.1. The SMILES string of the molecule is CC1(O)CCCCc2ccc3c(cccc3c2)CSSCc2cc1cc1ccccc21. The second-order valence-electron chi connectivity index (χ2n) is 8.83. The first-order chi connectivity index (χ1) is 15.1. The molecule has 31 heavy (non-hydrogen) atoms. The Kier molecular flexibility index (Phi) is 6.01. The minimum Gasteiger partial charge on any atom is -0.385 e. The van der Waals surface area contributed by atoms with Crippen molar-refractivity contribution >= 4 is 43.1 Å². The molecule has 0 aromatic heterocycles. The Morgan fingerprint density at radius 2 is 1.48 bits per heavy atom. The molecule has 1 unspecified atom stereocenters. The van der Waals surface area contributed by atoms with Crippen LogP contribution < -0.4 is 0 Å². The molecule has 0 amide bonds. The fourth-order valence-electron chi connectivity index (χ4n) is 4.65. The molecule has 2 heterocycles. The number of hydrogen-bond acceptors (Lipinski definition) is 3. The maximum Gasteiger partial charge on any atom is 0.0868 e. The monoisotopic (exact) mass is 444 g/mol. The van der Waals surface area contributed by atoms with Gasteiger partial charge in [-0.3, -0.25) is 0 Å². The van der Waals surface area contributed by atoms with Gasteiger partial charge in [-0.05, 0) is 82.5 Å². The molecule has 1 N–H and O–H groups in total. The molecule has 158 valence electrons. The number of benzene rings is 4. The smallest absolute Gasteiger partial charge is 0.0868 e. The predicted octanol–water partition coefficient (Wildman–Crippen LogP) is 8.01. The summed E-state index contributed by atoms with van der Waals surface area (Å²) in [5.41, 5.74) is 4.36. The van der Waals surface area contributed by atoms with E-state index >= 15 is 0 Å². The van der Waals surface area contributed by atoms with E-state index in [0.29, 0.717) is 0 Å². The molecule has 0 fully saturated rings. The topological polar surface area (TPSA) is 20.2 Å². The van der Waals surface area contributed by atoms with Gasteiger partial charge in [-0.25, -0.2) is 0 Å². The Morgan fingerprint density at radius 1 is 0.742 bits per heavy atom. The van der Waals surface area contributed by atoms with E-state index in [4.69, 9.17) is 0 Å². The quantitative estimate of drug-likeness (QED) is 0.277. The third-order valence-corrected chi connectivity index (χ3v) is 8.73. The zero-order valence-corrected chi connectivity index (χ0v) is 19.6. The average molecular weight is 445 g/mol. The number of fused-ring (bicyclic) bond motifs is 9. The number of aryl methyl sites for hydroxylation is 1. The van der Waals surface area contributed by atoms with E-state index in [-0.39, 0.29) is 0 Å². The molecule has 4 aromatic carbocycles. The van der Waals surface area contributed by atoms with Gasteiger partial charge < -0.3 is 5.11 Å². The maximum atomic E-state index is 11.3. The van der Waals surface area contributed by atoms with Crippen molar-refractivity contribution in [1.29, 1.82) is 0 Å². The minimum absolute atomic E-state index is 0.782. The highest BCUT2D eigenvalue weighted by Crippen LogP contribution is 2.37. The Bertz CT molecular complexity index is 1230. The molecule has 0 saturated heterocycles. The van der Waals surface area contributed by atoms with Crippen molar-refractivity contribution in [2.45, 2.75) is 49.7 Å². The van der Waals surface area contributed by atoms with Crippen LogP contribution in [0.2, 0.25) is 0 Å². The minimum atomic E-state index is -0.804. The van der Waals surface area contributed by atoms with Gasteiger partial charge >= 0.3 is 0 Å². The first-order valence-electron chi connectivity index (χ1n) is 11.1. The molecule has 6 rings (SSSR count). The van der Waals surface area contributed by atoms with E-state index < -0.39 is 5.60 Å². The van der Waals surface area contributed by atoms with Crippen molar-refractivity contribution in [3.05, 3.63) is 95.1 Å². The summed E-state index contributed by atoms with van der Waals surface area (Å²) < 4.78 is 0. The van der Waals surface area contributed by atoms with Gasteiger partial charge in [0.1, 0.15) is 0 Å². The fraction of sp³-hybridized carbons (Fsp3) is 0.286. The van der Waals surface area contributed by atoms with Gasteiger partial charge in [-0.2, -0.15) is 0 Å². The lowest BCUT2D eigenvalue weighted by molar-refractivity contribution is 0.0451. The van der Waals surface area contributed by atoms with Crippen LogP contribution >= 0.6 is 21.6 Å². The normalized spacial score (nSPS) is 20.3. The molecule has 3 heteroatoms. The van der Waals surface area contributed by atoms with Gasteiger partial charge in [0.05, 0.1) is 5.60 Å². The van der Waals surface area contributed by atoms with E-state index in [0.717, 1.165) is 42.8 Å².